The zero-order chi connectivity index (χ0) is 13.9. The summed E-state index contributed by atoms with van der Waals surface area (Å²) in [4.78, 5) is 22.9. The molecule has 0 spiro atoms. The molecule has 4 N–H and O–H groups in total. The van der Waals surface area contributed by atoms with Crippen molar-refractivity contribution >= 4 is 11.8 Å². The van der Waals surface area contributed by atoms with Crippen LogP contribution in [0.2, 0.25) is 0 Å². The normalized spacial score (nSPS) is 11.1. The minimum atomic E-state index is -1.13. The van der Waals surface area contributed by atoms with Crippen LogP contribution in [0.15, 0.2) is 18.2 Å². The van der Waals surface area contributed by atoms with E-state index in [1.54, 1.807) is 0 Å². The number of hydrogen-bond donors (Lipinski definition) is 3. The van der Waals surface area contributed by atoms with Crippen LogP contribution in [0.3, 0.4) is 0 Å². The third-order valence-corrected chi connectivity index (χ3v) is 2.19. The van der Waals surface area contributed by atoms with Crippen LogP contribution in [-0.2, 0) is 0 Å². The van der Waals surface area contributed by atoms with E-state index >= 15 is 0 Å². The number of aliphatic hydroxyl groups is 1. The third kappa shape index (κ3) is 3.53. The van der Waals surface area contributed by atoms with E-state index in [0.717, 1.165) is 6.07 Å². The average Bonchev–Trinajstić information content (AvgIpc) is 2.24. The van der Waals surface area contributed by atoms with Crippen molar-refractivity contribution in [3.05, 3.63) is 35.1 Å². The van der Waals surface area contributed by atoms with Gasteiger partial charge in [-0.15, -0.1) is 0 Å². The summed E-state index contributed by atoms with van der Waals surface area (Å²) < 4.78 is 13.5. The summed E-state index contributed by atoms with van der Waals surface area (Å²) in [5, 5.41) is 11.8. The maximum absolute atomic E-state index is 13.5. The fourth-order valence-corrected chi connectivity index (χ4v) is 1.35. The van der Waals surface area contributed by atoms with Crippen molar-refractivity contribution in [3.8, 4) is 0 Å². The second kappa shape index (κ2) is 5.14. The second-order valence-corrected chi connectivity index (χ2v) is 4.52. The number of carbonyl (C=O) groups excluding carboxylic acids is 2. The summed E-state index contributed by atoms with van der Waals surface area (Å²) in [7, 11) is 0. The topological polar surface area (TPSA) is 92.4 Å². The van der Waals surface area contributed by atoms with E-state index in [1.165, 1.54) is 26.0 Å². The number of nitrogens with two attached hydrogens (primary N) is 1. The van der Waals surface area contributed by atoms with E-state index in [2.05, 4.69) is 5.32 Å². The highest BCUT2D eigenvalue weighted by molar-refractivity contribution is 6.06. The molecule has 1 aromatic carbocycles. The molecule has 0 unspecified atom stereocenters. The Bertz CT molecular complexity index is 481. The van der Waals surface area contributed by atoms with Gasteiger partial charge in [0.15, 0.2) is 0 Å². The number of nitrogens with one attached hydrogen (secondary N) is 1. The first kappa shape index (κ1) is 14.1. The first-order valence-electron chi connectivity index (χ1n) is 5.31. The number of carbonyl (C=O) groups is 2. The van der Waals surface area contributed by atoms with E-state index in [1.807, 2.05) is 0 Å². The molecule has 0 radical (unpaired) electrons. The maximum Gasteiger partial charge on any atom is 0.255 e. The Balaban J connectivity index is 3.02. The number of amides is 2. The highest BCUT2D eigenvalue weighted by Crippen LogP contribution is 2.13. The van der Waals surface area contributed by atoms with E-state index in [4.69, 9.17) is 5.73 Å². The SMILES string of the molecule is CC(C)(O)CNC(=O)c1c(F)cccc1C(N)=O. The van der Waals surface area contributed by atoms with Gasteiger partial charge in [-0.2, -0.15) is 0 Å². The fraction of sp³-hybridized carbons (Fsp3) is 0.333. The molecule has 1 aromatic rings. The van der Waals surface area contributed by atoms with Crippen LogP contribution >= 0.6 is 0 Å². The van der Waals surface area contributed by atoms with E-state index < -0.39 is 28.8 Å². The monoisotopic (exact) mass is 254 g/mol. The molecule has 2 amide bonds. The molecule has 0 atom stereocenters. The molecule has 0 bridgehead atoms. The molecule has 18 heavy (non-hydrogen) atoms. The fourth-order valence-electron chi connectivity index (χ4n) is 1.35. The highest BCUT2D eigenvalue weighted by atomic mass is 19.1. The largest absolute Gasteiger partial charge is 0.389 e. The lowest BCUT2D eigenvalue weighted by atomic mass is 10.0. The predicted molar refractivity (Wildman–Crippen MR) is 63.5 cm³/mol. The van der Waals surface area contributed by atoms with E-state index in [9.17, 15) is 19.1 Å². The summed E-state index contributed by atoms with van der Waals surface area (Å²) in [6.07, 6.45) is 0. The van der Waals surface area contributed by atoms with Crippen LogP contribution in [0.5, 0.6) is 0 Å². The van der Waals surface area contributed by atoms with E-state index in [0.29, 0.717) is 0 Å². The van der Waals surface area contributed by atoms with Crippen LogP contribution in [-0.4, -0.2) is 29.1 Å². The van der Waals surface area contributed by atoms with Gasteiger partial charge in [0, 0.05) is 6.54 Å². The number of halogens is 1. The van der Waals surface area contributed by atoms with Crippen LogP contribution in [0, 0.1) is 5.82 Å². The number of primary amides is 1. The molecule has 0 aliphatic heterocycles. The molecule has 0 aliphatic carbocycles. The Hall–Kier alpha value is -1.95. The molecule has 0 heterocycles. The van der Waals surface area contributed by atoms with Crippen molar-refractivity contribution < 1.29 is 19.1 Å². The number of hydrogen-bond acceptors (Lipinski definition) is 3. The van der Waals surface area contributed by atoms with Gasteiger partial charge in [-0.3, -0.25) is 9.59 Å². The molecule has 0 saturated carbocycles. The summed E-state index contributed by atoms with van der Waals surface area (Å²) in [6, 6.07) is 3.62. The minimum absolute atomic E-state index is 0.0711. The molecule has 5 nitrogen and oxygen atoms in total. The van der Waals surface area contributed by atoms with Gasteiger partial charge in [0.2, 0.25) is 5.91 Å². The Morgan fingerprint density at radius 2 is 2.06 bits per heavy atom. The molecule has 1 rings (SSSR count). The standard InChI is InChI=1S/C12H15FN2O3/c1-12(2,18)6-15-11(17)9-7(10(14)16)4-3-5-8(9)13/h3-5,18H,6H2,1-2H3,(H2,14,16)(H,15,17). The maximum atomic E-state index is 13.5. The van der Waals surface area contributed by atoms with Crippen LogP contribution in [0.1, 0.15) is 34.6 Å². The molecular formula is C12H15FN2O3. The molecule has 0 fully saturated rings. The van der Waals surface area contributed by atoms with Crippen molar-refractivity contribution in [1.29, 1.82) is 0 Å². The minimum Gasteiger partial charge on any atom is -0.389 e. The first-order chi connectivity index (χ1) is 8.22. The van der Waals surface area contributed by atoms with Crippen molar-refractivity contribution in [2.24, 2.45) is 5.73 Å². The lowest BCUT2D eigenvalue weighted by Crippen LogP contribution is -2.39. The average molecular weight is 254 g/mol. The van der Waals surface area contributed by atoms with Crippen molar-refractivity contribution in [2.45, 2.75) is 19.4 Å². The lowest BCUT2D eigenvalue weighted by molar-refractivity contribution is 0.0691. The molecule has 0 aromatic heterocycles. The zero-order valence-electron chi connectivity index (χ0n) is 10.2. The van der Waals surface area contributed by atoms with Gasteiger partial charge in [-0.1, -0.05) is 6.07 Å². The summed E-state index contributed by atoms with van der Waals surface area (Å²) >= 11 is 0. The molecule has 98 valence electrons. The van der Waals surface area contributed by atoms with Gasteiger partial charge in [0.05, 0.1) is 16.7 Å². The van der Waals surface area contributed by atoms with Gasteiger partial charge in [-0.25, -0.2) is 4.39 Å². The van der Waals surface area contributed by atoms with Gasteiger partial charge in [0.25, 0.3) is 5.91 Å². The first-order valence-corrected chi connectivity index (χ1v) is 5.31. The van der Waals surface area contributed by atoms with Gasteiger partial charge in [-0.05, 0) is 26.0 Å². The van der Waals surface area contributed by atoms with Crippen molar-refractivity contribution in [1.82, 2.24) is 5.32 Å². The molecular weight excluding hydrogens is 239 g/mol. The summed E-state index contributed by atoms with van der Waals surface area (Å²) in [5.74, 6) is -2.51. The number of benzene rings is 1. The second-order valence-electron chi connectivity index (χ2n) is 4.52. The Morgan fingerprint density at radius 1 is 1.44 bits per heavy atom. The van der Waals surface area contributed by atoms with Crippen molar-refractivity contribution in [2.75, 3.05) is 6.54 Å². The van der Waals surface area contributed by atoms with Gasteiger partial charge >= 0.3 is 0 Å². The highest BCUT2D eigenvalue weighted by Gasteiger charge is 2.21. The smallest absolute Gasteiger partial charge is 0.255 e. The summed E-state index contributed by atoms with van der Waals surface area (Å²) in [6.45, 7) is 2.91. The predicted octanol–water partition coefficient (Wildman–Crippen LogP) is 0.425. The number of rotatable bonds is 4. The lowest BCUT2D eigenvalue weighted by Gasteiger charge is -2.18. The quantitative estimate of drug-likeness (QED) is 0.727. The third-order valence-electron chi connectivity index (χ3n) is 2.19. The van der Waals surface area contributed by atoms with Crippen molar-refractivity contribution in [3.63, 3.8) is 0 Å². The van der Waals surface area contributed by atoms with Crippen LogP contribution < -0.4 is 11.1 Å². The molecule has 0 saturated heterocycles. The Labute approximate surface area is 104 Å². The molecule has 6 heteroatoms. The summed E-state index contributed by atoms with van der Waals surface area (Å²) in [5.41, 5.74) is 3.34. The van der Waals surface area contributed by atoms with E-state index in [-0.39, 0.29) is 12.1 Å². The van der Waals surface area contributed by atoms with Crippen LogP contribution in [0.25, 0.3) is 0 Å². The molecule has 0 aliphatic rings. The Morgan fingerprint density at radius 3 is 2.56 bits per heavy atom. The Kier molecular flexibility index (Phi) is 4.03. The zero-order valence-corrected chi connectivity index (χ0v) is 10.2. The van der Waals surface area contributed by atoms with Crippen LogP contribution in [0.4, 0.5) is 4.39 Å². The van der Waals surface area contributed by atoms with Gasteiger partial charge < -0.3 is 16.2 Å². The van der Waals surface area contributed by atoms with Gasteiger partial charge in [0.1, 0.15) is 5.82 Å².